The van der Waals surface area contributed by atoms with Gasteiger partial charge in [0.25, 0.3) is 0 Å². The molecule has 1 heterocycles. The lowest BCUT2D eigenvalue weighted by Gasteiger charge is -1.86. The average molecular weight is 218 g/mol. The van der Waals surface area contributed by atoms with Gasteiger partial charge in [-0.1, -0.05) is 24.9 Å². The van der Waals surface area contributed by atoms with Crippen molar-refractivity contribution in [1.29, 1.82) is 0 Å². The monoisotopic (exact) mass is 218 g/mol. The number of rotatable bonds is 4. The summed E-state index contributed by atoms with van der Waals surface area (Å²) >= 11 is 0. The van der Waals surface area contributed by atoms with Crippen molar-refractivity contribution < 1.29 is 15.0 Å². The minimum atomic E-state index is -1.83. The van der Waals surface area contributed by atoms with Crippen molar-refractivity contribution in [1.82, 2.24) is 5.32 Å². The van der Waals surface area contributed by atoms with Crippen molar-refractivity contribution in [2.75, 3.05) is 19.6 Å². The van der Waals surface area contributed by atoms with E-state index in [-0.39, 0.29) is 0 Å². The predicted octanol–water partition coefficient (Wildman–Crippen LogP) is 2.30. The second-order valence-corrected chi connectivity index (χ2v) is 2.69. The average Bonchev–Trinajstić information content (AvgIpc) is 2.98. The fourth-order valence-corrected chi connectivity index (χ4v) is 0.477. The summed E-state index contributed by atoms with van der Waals surface area (Å²) in [6, 6.07) is 0. The largest absolute Gasteiger partial charge is 0.503 e. The van der Waals surface area contributed by atoms with Gasteiger partial charge in [0.1, 0.15) is 0 Å². The second kappa shape index (κ2) is 15.0. The first-order valence-electron chi connectivity index (χ1n) is 4.78. The highest BCUT2D eigenvalue weighted by molar-refractivity contribution is 5.53. The lowest BCUT2D eigenvalue weighted by atomic mass is 10.3. The molecule has 0 aromatic heterocycles. The van der Waals surface area contributed by atoms with E-state index in [1.165, 1.54) is 25.9 Å². The van der Waals surface area contributed by atoms with E-state index < -0.39 is 6.16 Å². The topological polar surface area (TPSA) is 128 Å². The van der Waals surface area contributed by atoms with Gasteiger partial charge in [-0.3, -0.25) is 0 Å². The molecule has 1 aliphatic rings. The van der Waals surface area contributed by atoms with Crippen LogP contribution in [0.4, 0.5) is 4.79 Å². The zero-order valence-corrected chi connectivity index (χ0v) is 8.89. The number of carbonyl (C=O) groups is 1. The van der Waals surface area contributed by atoms with Crippen molar-refractivity contribution in [3.63, 3.8) is 0 Å². The first kappa shape index (κ1) is 16.0. The number of nitrogens with one attached hydrogen (secondary N) is 1. The maximum atomic E-state index is 8.56. The van der Waals surface area contributed by atoms with Gasteiger partial charge in [-0.15, -0.1) is 0 Å². The van der Waals surface area contributed by atoms with Crippen molar-refractivity contribution >= 4 is 6.16 Å². The van der Waals surface area contributed by atoms with Crippen molar-refractivity contribution in [3.05, 3.63) is 10.4 Å². The highest BCUT2D eigenvalue weighted by Gasteiger charge is 1.91. The number of nitrogens with zero attached hydrogens (tertiary/aromatic N) is 3. The van der Waals surface area contributed by atoms with Crippen molar-refractivity contribution in [3.8, 4) is 0 Å². The van der Waals surface area contributed by atoms with Crippen LogP contribution in [0.25, 0.3) is 10.4 Å². The molecule has 7 heteroatoms. The molecular formula is C8H18N4O3. The third-order valence-electron chi connectivity index (χ3n) is 1.17. The molecule has 15 heavy (non-hydrogen) atoms. The summed E-state index contributed by atoms with van der Waals surface area (Å²) < 4.78 is 0. The molecule has 0 aromatic rings. The second-order valence-electron chi connectivity index (χ2n) is 2.69. The third kappa shape index (κ3) is 67.6. The van der Waals surface area contributed by atoms with E-state index in [4.69, 9.17) is 20.5 Å². The molecule has 0 aromatic carbocycles. The Labute approximate surface area is 88.7 Å². The first-order chi connectivity index (χ1) is 7.15. The summed E-state index contributed by atoms with van der Waals surface area (Å²) in [7, 11) is 0. The van der Waals surface area contributed by atoms with Crippen LogP contribution in [0.1, 0.15) is 26.2 Å². The van der Waals surface area contributed by atoms with Gasteiger partial charge in [-0.05, 0) is 12.0 Å². The molecular weight excluding hydrogens is 200 g/mol. The fraction of sp³-hybridized carbons (Fsp3) is 0.875. The Morgan fingerprint density at radius 1 is 1.47 bits per heavy atom. The van der Waals surface area contributed by atoms with Gasteiger partial charge in [0.15, 0.2) is 0 Å². The van der Waals surface area contributed by atoms with Crippen molar-refractivity contribution in [2.24, 2.45) is 5.11 Å². The number of carboxylic acid groups (broad SMARTS) is 2. The normalized spacial score (nSPS) is 10.7. The molecule has 1 saturated heterocycles. The summed E-state index contributed by atoms with van der Waals surface area (Å²) in [6.07, 6.45) is 1.54. The lowest BCUT2D eigenvalue weighted by Crippen LogP contribution is -1.81. The van der Waals surface area contributed by atoms with Crippen molar-refractivity contribution in [2.45, 2.75) is 26.2 Å². The van der Waals surface area contributed by atoms with Crippen LogP contribution in [0.15, 0.2) is 5.11 Å². The standard InChI is InChI=1S/C5H11N3.C2H5N.CH2O3/c1-2-3-4-5-7-8-6;1-2-3-1;2-1(3)4/h2-5H2,1H3;3H,1-2H2;(H2,2,3,4). The van der Waals surface area contributed by atoms with Crippen LogP contribution in [0, 0.1) is 0 Å². The Bertz CT molecular complexity index is 184. The molecule has 0 saturated carbocycles. The van der Waals surface area contributed by atoms with E-state index in [2.05, 4.69) is 22.3 Å². The number of unbranched alkanes of at least 4 members (excludes halogenated alkanes) is 2. The minimum Gasteiger partial charge on any atom is -0.450 e. The molecule has 0 unspecified atom stereocenters. The van der Waals surface area contributed by atoms with E-state index in [1.807, 2.05) is 0 Å². The molecule has 0 bridgehead atoms. The summed E-state index contributed by atoms with van der Waals surface area (Å²) in [4.78, 5) is 11.2. The quantitative estimate of drug-likeness (QED) is 0.220. The molecule has 0 amide bonds. The molecule has 1 aliphatic heterocycles. The minimum absolute atomic E-state index is 0.657. The summed E-state index contributed by atoms with van der Waals surface area (Å²) in [5.74, 6) is 0. The molecule has 3 N–H and O–H groups in total. The van der Waals surface area contributed by atoms with Crippen LogP contribution >= 0.6 is 0 Å². The van der Waals surface area contributed by atoms with E-state index in [9.17, 15) is 0 Å². The molecule has 0 spiro atoms. The SMILES string of the molecule is C1CN1.CCCCCN=[N+]=[N-].O=C(O)O. The van der Waals surface area contributed by atoms with Crippen LogP contribution in [0.3, 0.4) is 0 Å². The van der Waals surface area contributed by atoms with Crippen LogP contribution in [-0.4, -0.2) is 36.0 Å². The van der Waals surface area contributed by atoms with Gasteiger partial charge in [-0.25, -0.2) is 4.79 Å². The Morgan fingerprint density at radius 3 is 2.20 bits per heavy atom. The smallest absolute Gasteiger partial charge is 0.450 e. The van der Waals surface area contributed by atoms with Gasteiger partial charge in [0.05, 0.1) is 0 Å². The molecule has 1 fully saturated rings. The number of hydrogen-bond donors (Lipinski definition) is 3. The zero-order chi connectivity index (χ0) is 11.9. The molecule has 88 valence electrons. The predicted molar refractivity (Wildman–Crippen MR) is 57.1 cm³/mol. The van der Waals surface area contributed by atoms with Crippen LogP contribution in [0.5, 0.6) is 0 Å². The summed E-state index contributed by atoms with van der Waals surface area (Å²) in [5, 5.41) is 20.3. The van der Waals surface area contributed by atoms with E-state index >= 15 is 0 Å². The number of hydrogen-bond acceptors (Lipinski definition) is 3. The van der Waals surface area contributed by atoms with Gasteiger partial charge in [0, 0.05) is 24.5 Å². The molecule has 0 radical (unpaired) electrons. The first-order valence-corrected chi connectivity index (χ1v) is 4.78. The lowest BCUT2D eigenvalue weighted by molar-refractivity contribution is 0.137. The van der Waals surface area contributed by atoms with Gasteiger partial charge in [0.2, 0.25) is 0 Å². The Hall–Kier alpha value is -1.46. The van der Waals surface area contributed by atoms with E-state index in [0.29, 0.717) is 6.54 Å². The maximum Gasteiger partial charge on any atom is 0.503 e. The third-order valence-corrected chi connectivity index (χ3v) is 1.17. The summed E-state index contributed by atoms with van der Waals surface area (Å²) in [6.45, 7) is 5.28. The van der Waals surface area contributed by atoms with Crippen LogP contribution < -0.4 is 5.32 Å². The highest BCUT2D eigenvalue weighted by Crippen LogP contribution is 1.92. The highest BCUT2D eigenvalue weighted by atomic mass is 16.6. The van der Waals surface area contributed by atoms with Gasteiger partial charge >= 0.3 is 6.16 Å². The van der Waals surface area contributed by atoms with Gasteiger partial charge < -0.3 is 15.5 Å². The van der Waals surface area contributed by atoms with E-state index in [1.54, 1.807) is 0 Å². The maximum absolute atomic E-state index is 8.56. The molecule has 0 atom stereocenters. The molecule has 0 aliphatic carbocycles. The Morgan fingerprint density at radius 2 is 1.93 bits per heavy atom. The fourth-order valence-electron chi connectivity index (χ4n) is 0.477. The number of azide groups is 1. The Kier molecular flexibility index (Phi) is 16.0. The summed E-state index contributed by atoms with van der Waals surface area (Å²) in [5.41, 5.74) is 7.82. The van der Waals surface area contributed by atoms with Crippen LogP contribution in [-0.2, 0) is 0 Å². The van der Waals surface area contributed by atoms with E-state index in [0.717, 1.165) is 6.42 Å². The molecule has 7 nitrogen and oxygen atoms in total. The zero-order valence-electron chi connectivity index (χ0n) is 8.89. The van der Waals surface area contributed by atoms with Gasteiger partial charge in [-0.2, -0.15) is 0 Å². The van der Waals surface area contributed by atoms with Crippen LogP contribution in [0.2, 0.25) is 0 Å². The Balaban J connectivity index is 0. The molecule has 1 rings (SSSR count).